The number of carboxylic acid groups (broad SMARTS) is 1. The number of hydrogen-bond donors (Lipinski definition) is 1. The molecule has 0 bridgehead atoms. The van der Waals surface area contributed by atoms with Crippen molar-refractivity contribution in [1.29, 1.82) is 0 Å². The molecule has 20 heavy (non-hydrogen) atoms. The van der Waals surface area contributed by atoms with Crippen LogP contribution in [0.2, 0.25) is 0 Å². The lowest BCUT2D eigenvalue weighted by atomic mass is 9.94. The summed E-state index contributed by atoms with van der Waals surface area (Å²) in [5.41, 5.74) is -0.220. The number of aromatic carboxylic acids is 1. The molecule has 1 fully saturated rings. The zero-order chi connectivity index (χ0) is 14.7. The van der Waals surface area contributed by atoms with Gasteiger partial charge < -0.3 is 10.0 Å². The van der Waals surface area contributed by atoms with Gasteiger partial charge in [-0.3, -0.25) is 4.79 Å². The van der Waals surface area contributed by atoms with Gasteiger partial charge in [0.15, 0.2) is 0 Å². The molecule has 4 nitrogen and oxygen atoms in total. The molecule has 0 atom stereocenters. The van der Waals surface area contributed by atoms with Gasteiger partial charge in [0, 0.05) is 13.1 Å². The van der Waals surface area contributed by atoms with Gasteiger partial charge in [0.25, 0.3) is 5.91 Å². The number of benzene rings is 1. The molecule has 0 aromatic heterocycles. The molecule has 1 aromatic carbocycles. The first-order chi connectivity index (χ1) is 9.50. The van der Waals surface area contributed by atoms with Crippen molar-refractivity contribution < 1.29 is 19.1 Å². The van der Waals surface area contributed by atoms with Crippen molar-refractivity contribution in [3.63, 3.8) is 0 Å². The van der Waals surface area contributed by atoms with Crippen LogP contribution in [0.3, 0.4) is 0 Å². The summed E-state index contributed by atoms with van der Waals surface area (Å²) in [6, 6.07) is 3.55. The molecule has 0 radical (unpaired) electrons. The molecule has 108 valence electrons. The second-order valence-corrected chi connectivity index (χ2v) is 5.21. The highest BCUT2D eigenvalue weighted by Crippen LogP contribution is 2.23. The summed E-state index contributed by atoms with van der Waals surface area (Å²) in [6.45, 7) is 0. The number of nitrogens with zero attached hydrogens (tertiary/aromatic N) is 1. The number of halogens is 1. The van der Waals surface area contributed by atoms with E-state index in [4.69, 9.17) is 5.11 Å². The van der Waals surface area contributed by atoms with Crippen LogP contribution in [0.4, 0.5) is 4.39 Å². The van der Waals surface area contributed by atoms with E-state index in [1.807, 2.05) is 0 Å². The molecular weight excluding hydrogens is 261 g/mol. The number of amides is 1. The number of carboxylic acids is 1. The quantitative estimate of drug-likeness (QED) is 0.925. The Labute approximate surface area is 117 Å². The second-order valence-electron chi connectivity index (χ2n) is 5.21. The van der Waals surface area contributed by atoms with Gasteiger partial charge in [-0.1, -0.05) is 19.3 Å². The Kier molecular flexibility index (Phi) is 4.37. The smallest absolute Gasteiger partial charge is 0.335 e. The summed E-state index contributed by atoms with van der Waals surface area (Å²) < 4.78 is 13.9. The van der Waals surface area contributed by atoms with Gasteiger partial charge in [-0.05, 0) is 31.0 Å². The minimum absolute atomic E-state index is 0.0666. The van der Waals surface area contributed by atoms with Gasteiger partial charge in [-0.2, -0.15) is 0 Å². The van der Waals surface area contributed by atoms with E-state index >= 15 is 0 Å². The zero-order valence-corrected chi connectivity index (χ0v) is 11.4. The Morgan fingerprint density at radius 2 is 1.90 bits per heavy atom. The lowest BCUT2D eigenvalue weighted by Gasteiger charge is -2.31. The van der Waals surface area contributed by atoms with E-state index in [-0.39, 0.29) is 23.1 Å². The van der Waals surface area contributed by atoms with Gasteiger partial charge in [0.1, 0.15) is 5.82 Å². The summed E-state index contributed by atoms with van der Waals surface area (Å²) in [6.07, 6.45) is 5.24. The lowest BCUT2D eigenvalue weighted by molar-refractivity contribution is 0.0678. The maximum atomic E-state index is 13.9. The highest BCUT2D eigenvalue weighted by Gasteiger charge is 2.25. The van der Waals surface area contributed by atoms with Crippen LogP contribution < -0.4 is 0 Å². The summed E-state index contributed by atoms with van der Waals surface area (Å²) in [7, 11) is 1.68. The molecule has 1 aromatic rings. The third-order valence-corrected chi connectivity index (χ3v) is 3.89. The summed E-state index contributed by atoms with van der Waals surface area (Å²) >= 11 is 0. The average Bonchev–Trinajstić information content (AvgIpc) is 2.46. The van der Waals surface area contributed by atoms with E-state index in [0.29, 0.717) is 0 Å². The van der Waals surface area contributed by atoms with Gasteiger partial charge in [-0.15, -0.1) is 0 Å². The first-order valence-corrected chi connectivity index (χ1v) is 6.80. The number of carbonyl (C=O) groups excluding carboxylic acids is 1. The zero-order valence-electron chi connectivity index (χ0n) is 11.4. The van der Waals surface area contributed by atoms with Crippen LogP contribution in [0.1, 0.15) is 52.8 Å². The molecule has 1 aliphatic carbocycles. The molecule has 1 amide bonds. The van der Waals surface area contributed by atoms with Gasteiger partial charge in [0.2, 0.25) is 0 Å². The first-order valence-electron chi connectivity index (χ1n) is 6.80. The normalized spacial score (nSPS) is 15.9. The second kappa shape index (κ2) is 6.03. The standard InChI is InChI=1S/C15H18FNO3/c1-17(11-5-3-2-4-6-11)14(18)12-8-7-10(15(19)20)9-13(12)16/h7-9,11H,2-6H2,1H3,(H,19,20). The maximum absolute atomic E-state index is 13.9. The van der Waals surface area contributed by atoms with Crippen LogP contribution in [-0.4, -0.2) is 35.0 Å². The monoisotopic (exact) mass is 279 g/mol. The molecule has 0 spiro atoms. The summed E-state index contributed by atoms with van der Waals surface area (Å²) in [4.78, 5) is 24.6. The fraction of sp³-hybridized carbons (Fsp3) is 0.467. The van der Waals surface area contributed by atoms with E-state index in [1.165, 1.54) is 18.6 Å². The maximum Gasteiger partial charge on any atom is 0.335 e. The largest absolute Gasteiger partial charge is 0.478 e. The minimum atomic E-state index is -1.21. The van der Waals surface area contributed by atoms with Crippen molar-refractivity contribution in [2.45, 2.75) is 38.1 Å². The van der Waals surface area contributed by atoms with Crippen LogP contribution in [0.15, 0.2) is 18.2 Å². The average molecular weight is 279 g/mol. The third kappa shape index (κ3) is 2.98. The third-order valence-electron chi connectivity index (χ3n) is 3.89. The minimum Gasteiger partial charge on any atom is -0.478 e. The molecule has 0 saturated heterocycles. The van der Waals surface area contributed by atoms with Crippen LogP contribution in [0, 0.1) is 5.82 Å². The number of hydrogen-bond acceptors (Lipinski definition) is 2. The SMILES string of the molecule is CN(C(=O)c1ccc(C(=O)O)cc1F)C1CCCCC1. The number of rotatable bonds is 3. The molecule has 1 saturated carbocycles. The van der Waals surface area contributed by atoms with Crippen molar-refractivity contribution in [1.82, 2.24) is 4.90 Å². The van der Waals surface area contributed by atoms with E-state index in [1.54, 1.807) is 11.9 Å². The van der Waals surface area contributed by atoms with Crippen molar-refractivity contribution in [2.24, 2.45) is 0 Å². The first kappa shape index (κ1) is 14.5. The highest BCUT2D eigenvalue weighted by molar-refractivity contribution is 5.96. The Bertz CT molecular complexity index is 524. The van der Waals surface area contributed by atoms with Crippen molar-refractivity contribution >= 4 is 11.9 Å². The number of carbonyl (C=O) groups is 2. The van der Waals surface area contributed by atoms with Gasteiger partial charge in [-0.25, -0.2) is 9.18 Å². The predicted octanol–water partition coefficient (Wildman–Crippen LogP) is 2.93. The van der Waals surface area contributed by atoms with Gasteiger partial charge >= 0.3 is 5.97 Å². The Hall–Kier alpha value is -1.91. The molecule has 0 aliphatic heterocycles. The molecule has 0 unspecified atom stereocenters. The Morgan fingerprint density at radius 1 is 1.25 bits per heavy atom. The van der Waals surface area contributed by atoms with E-state index in [0.717, 1.165) is 31.7 Å². The molecule has 1 aliphatic rings. The van der Waals surface area contributed by atoms with Crippen LogP contribution >= 0.6 is 0 Å². The summed E-state index contributed by atoms with van der Waals surface area (Å²) in [5, 5.41) is 8.79. The molecular formula is C15H18FNO3. The Morgan fingerprint density at radius 3 is 2.45 bits per heavy atom. The van der Waals surface area contributed by atoms with Gasteiger partial charge in [0.05, 0.1) is 11.1 Å². The molecule has 0 heterocycles. The van der Waals surface area contributed by atoms with Crippen molar-refractivity contribution in [3.05, 3.63) is 35.1 Å². The topological polar surface area (TPSA) is 57.6 Å². The van der Waals surface area contributed by atoms with Crippen molar-refractivity contribution in [2.75, 3.05) is 7.05 Å². The molecule has 5 heteroatoms. The fourth-order valence-electron chi connectivity index (χ4n) is 2.65. The predicted molar refractivity (Wildman–Crippen MR) is 72.3 cm³/mol. The van der Waals surface area contributed by atoms with E-state index in [2.05, 4.69) is 0 Å². The van der Waals surface area contributed by atoms with E-state index in [9.17, 15) is 14.0 Å². The van der Waals surface area contributed by atoms with Crippen LogP contribution in [-0.2, 0) is 0 Å². The van der Waals surface area contributed by atoms with Crippen LogP contribution in [0.25, 0.3) is 0 Å². The highest BCUT2D eigenvalue weighted by atomic mass is 19.1. The molecule has 1 N–H and O–H groups in total. The van der Waals surface area contributed by atoms with Crippen molar-refractivity contribution in [3.8, 4) is 0 Å². The Balaban J connectivity index is 2.17. The van der Waals surface area contributed by atoms with E-state index < -0.39 is 11.8 Å². The fourth-order valence-corrected chi connectivity index (χ4v) is 2.65. The summed E-state index contributed by atoms with van der Waals surface area (Å²) in [5.74, 6) is -2.37. The molecule has 2 rings (SSSR count). The van der Waals surface area contributed by atoms with Crippen LogP contribution in [0.5, 0.6) is 0 Å². The lowest BCUT2D eigenvalue weighted by Crippen LogP contribution is -2.38.